The monoisotopic (exact) mass is 356 g/mol. The lowest BCUT2D eigenvalue weighted by molar-refractivity contribution is -0.122. The molecule has 0 bridgehead atoms. The molecule has 1 fully saturated rings. The lowest BCUT2D eigenvalue weighted by Gasteiger charge is -2.13. The van der Waals surface area contributed by atoms with Crippen LogP contribution in [0.5, 0.6) is 0 Å². The zero-order valence-corrected chi connectivity index (χ0v) is 14.1. The highest BCUT2D eigenvalue weighted by atomic mass is 32.2. The first kappa shape index (κ1) is 18.2. The van der Waals surface area contributed by atoms with Gasteiger partial charge in [0.15, 0.2) is 0 Å². The minimum Gasteiger partial charge on any atom is -0.385 e. The van der Waals surface area contributed by atoms with E-state index in [2.05, 4.69) is 5.32 Å². The molecule has 25 heavy (non-hydrogen) atoms. The highest BCUT2D eigenvalue weighted by Crippen LogP contribution is 2.32. The smallest absolute Gasteiger partial charge is 0.293 e. The number of nitrogens with zero attached hydrogens (tertiary/aromatic N) is 3. The van der Waals surface area contributed by atoms with E-state index in [1.54, 1.807) is 25.1 Å². The maximum Gasteiger partial charge on any atom is 0.293 e. The van der Waals surface area contributed by atoms with E-state index < -0.39 is 17.0 Å². The number of halogens is 1. The van der Waals surface area contributed by atoms with Gasteiger partial charge in [0.1, 0.15) is 23.5 Å². The lowest BCUT2D eigenvalue weighted by Crippen LogP contribution is -2.34. The van der Waals surface area contributed by atoms with Crippen LogP contribution in [0.25, 0.3) is 6.08 Å². The number of hydrogen-bond acceptors (Lipinski definition) is 6. The van der Waals surface area contributed by atoms with Gasteiger partial charge < -0.3 is 5.32 Å². The molecule has 0 saturated carbocycles. The number of nitriles is 2. The van der Waals surface area contributed by atoms with Crippen molar-refractivity contribution < 1.29 is 14.0 Å². The molecule has 1 saturated heterocycles. The molecule has 0 atom stereocenters. The van der Waals surface area contributed by atoms with Gasteiger partial charge in [-0.2, -0.15) is 10.5 Å². The quantitative estimate of drug-likeness (QED) is 0.644. The molecule has 2 rings (SSSR count). The first-order valence-corrected chi connectivity index (χ1v) is 8.04. The molecule has 0 radical (unpaired) electrons. The Hall–Kier alpha value is -3.10. The fourth-order valence-corrected chi connectivity index (χ4v) is 2.92. The number of nitrogens with one attached hydrogen (secondary N) is 1. The van der Waals surface area contributed by atoms with Crippen LogP contribution in [-0.4, -0.2) is 29.1 Å². The van der Waals surface area contributed by atoms with E-state index in [-0.39, 0.29) is 29.1 Å². The van der Waals surface area contributed by atoms with Gasteiger partial charge in [-0.1, -0.05) is 18.2 Å². The molecule has 0 unspecified atom stereocenters. The Morgan fingerprint density at radius 3 is 2.64 bits per heavy atom. The molecule has 1 aromatic carbocycles. The van der Waals surface area contributed by atoms with Crippen LogP contribution in [0.1, 0.15) is 12.5 Å². The Bertz CT molecular complexity index is 848. The first-order valence-electron chi connectivity index (χ1n) is 7.22. The molecule has 0 spiro atoms. The summed E-state index contributed by atoms with van der Waals surface area (Å²) in [5, 5.41) is 19.9. The van der Waals surface area contributed by atoms with Gasteiger partial charge in [0.25, 0.3) is 11.1 Å². The zero-order valence-electron chi connectivity index (χ0n) is 13.2. The van der Waals surface area contributed by atoms with Crippen LogP contribution in [0, 0.1) is 28.5 Å². The van der Waals surface area contributed by atoms with E-state index >= 15 is 0 Å². The summed E-state index contributed by atoms with van der Waals surface area (Å²) in [4.78, 5) is 25.5. The van der Waals surface area contributed by atoms with Gasteiger partial charge in [-0.05, 0) is 30.8 Å². The standard InChI is InChI=1S/C17H13FN4O2S/c1-11(13(9-19)10-20)21-6-7-22-16(23)15(25-17(22)24)8-12-4-2-3-5-14(12)18/h2-5,8,21H,6-7H2,1H3. The van der Waals surface area contributed by atoms with Gasteiger partial charge in [-0.3, -0.25) is 14.5 Å². The molecule has 1 aliphatic heterocycles. The van der Waals surface area contributed by atoms with E-state index in [9.17, 15) is 14.0 Å². The van der Waals surface area contributed by atoms with Crippen molar-refractivity contribution in [2.24, 2.45) is 0 Å². The summed E-state index contributed by atoms with van der Waals surface area (Å²) in [5.74, 6) is -0.972. The van der Waals surface area contributed by atoms with Crippen molar-refractivity contribution in [3.05, 3.63) is 51.8 Å². The maximum atomic E-state index is 13.7. The number of amides is 2. The predicted octanol–water partition coefficient (Wildman–Crippen LogP) is 2.77. The van der Waals surface area contributed by atoms with Gasteiger partial charge in [-0.15, -0.1) is 0 Å². The molecule has 6 nitrogen and oxygen atoms in total. The highest BCUT2D eigenvalue weighted by Gasteiger charge is 2.34. The van der Waals surface area contributed by atoms with Crippen molar-refractivity contribution in [3.8, 4) is 12.1 Å². The van der Waals surface area contributed by atoms with E-state index in [1.165, 1.54) is 24.3 Å². The third-order valence-electron chi connectivity index (χ3n) is 3.39. The molecule has 1 N–H and O–H groups in total. The molecule has 1 heterocycles. The highest BCUT2D eigenvalue weighted by molar-refractivity contribution is 8.18. The van der Waals surface area contributed by atoms with Crippen LogP contribution in [0.3, 0.4) is 0 Å². The summed E-state index contributed by atoms with van der Waals surface area (Å²) >= 11 is 0.747. The number of allylic oxidation sites excluding steroid dienone is 2. The maximum absolute atomic E-state index is 13.7. The molecular formula is C17H13FN4O2S. The molecule has 126 valence electrons. The van der Waals surface area contributed by atoms with Crippen LogP contribution in [0.15, 0.2) is 40.4 Å². The summed E-state index contributed by atoms with van der Waals surface area (Å²) in [7, 11) is 0. The normalized spacial score (nSPS) is 15.0. The molecule has 0 aromatic heterocycles. The van der Waals surface area contributed by atoms with Gasteiger partial charge >= 0.3 is 0 Å². The third kappa shape index (κ3) is 4.25. The van der Waals surface area contributed by atoms with Crippen LogP contribution in [0.4, 0.5) is 9.18 Å². The summed E-state index contributed by atoms with van der Waals surface area (Å²) in [6.07, 6.45) is 1.35. The van der Waals surface area contributed by atoms with Crippen LogP contribution < -0.4 is 5.32 Å². The number of benzene rings is 1. The van der Waals surface area contributed by atoms with Crippen molar-refractivity contribution in [3.63, 3.8) is 0 Å². The van der Waals surface area contributed by atoms with Crippen LogP contribution >= 0.6 is 11.8 Å². The second-order valence-corrected chi connectivity index (χ2v) is 6.00. The number of rotatable bonds is 5. The number of hydrogen-bond donors (Lipinski definition) is 1. The first-order chi connectivity index (χ1) is 12.0. The number of carbonyl (C=O) groups excluding carboxylic acids is 2. The summed E-state index contributed by atoms with van der Waals surface area (Å²) in [6.45, 7) is 1.83. The fourth-order valence-electron chi connectivity index (χ4n) is 2.06. The second kappa shape index (κ2) is 8.13. The van der Waals surface area contributed by atoms with Crippen LogP contribution in [0.2, 0.25) is 0 Å². The minimum atomic E-state index is -0.498. The Morgan fingerprint density at radius 2 is 2.00 bits per heavy atom. The van der Waals surface area contributed by atoms with Gasteiger partial charge in [-0.25, -0.2) is 4.39 Å². The van der Waals surface area contributed by atoms with Crippen LogP contribution in [-0.2, 0) is 4.79 Å². The van der Waals surface area contributed by atoms with Crippen molar-refractivity contribution >= 4 is 29.0 Å². The Balaban J connectivity index is 2.05. The average Bonchev–Trinajstić information content (AvgIpc) is 2.85. The van der Waals surface area contributed by atoms with E-state index in [0.29, 0.717) is 5.70 Å². The molecule has 0 aliphatic carbocycles. The van der Waals surface area contributed by atoms with E-state index in [0.717, 1.165) is 16.7 Å². The minimum absolute atomic E-state index is 0.0615. The number of imide groups is 1. The number of thioether (sulfide) groups is 1. The van der Waals surface area contributed by atoms with Crippen molar-refractivity contribution in [2.75, 3.05) is 13.1 Å². The summed E-state index contributed by atoms with van der Waals surface area (Å²) < 4.78 is 13.7. The van der Waals surface area contributed by atoms with Gasteiger partial charge in [0.2, 0.25) is 0 Å². The lowest BCUT2D eigenvalue weighted by atomic mass is 10.2. The topological polar surface area (TPSA) is 97.0 Å². The Kier molecular flexibility index (Phi) is 5.93. The van der Waals surface area contributed by atoms with Gasteiger partial charge in [0, 0.05) is 24.4 Å². The molecule has 8 heteroatoms. The third-order valence-corrected chi connectivity index (χ3v) is 4.30. The zero-order chi connectivity index (χ0) is 18.4. The van der Waals surface area contributed by atoms with E-state index in [1.807, 2.05) is 0 Å². The summed E-state index contributed by atoms with van der Waals surface area (Å²) in [5.41, 5.74) is 0.546. The Labute approximate surface area is 148 Å². The summed E-state index contributed by atoms with van der Waals surface area (Å²) in [6, 6.07) is 9.46. The number of carbonyl (C=O) groups is 2. The predicted molar refractivity (Wildman–Crippen MR) is 91.0 cm³/mol. The fraction of sp³-hybridized carbons (Fsp3) is 0.176. The second-order valence-electron chi connectivity index (χ2n) is 5.01. The molecule has 2 amide bonds. The average molecular weight is 356 g/mol. The van der Waals surface area contributed by atoms with Crippen molar-refractivity contribution in [2.45, 2.75) is 6.92 Å². The Morgan fingerprint density at radius 1 is 1.32 bits per heavy atom. The molecule has 1 aliphatic rings. The van der Waals surface area contributed by atoms with Crippen molar-refractivity contribution in [1.29, 1.82) is 10.5 Å². The van der Waals surface area contributed by atoms with E-state index in [4.69, 9.17) is 10.5 Å². The van der Waals surface area contributed by atoms with Gasteiger partial charge in [0.05, 0.1) is 4.91 Å². The molecular weight excluding hydrogens is 343 g/mol. The SMILES string of the molecule is CC(NCCN1C(=O)SC(=Cc2ccccc2F)C1=O)=C(C#N)C#N. The molecule has 1 aromatic rings. The largest absolute Gasteiger partial charge is 0.385 e. The van der Waals surface area contributed by atoms with Crippen molar-refractivity contribution in [1.82, 2.24) is 10.2 Å².